The van der Waals surface area contributed by atoms with Gasteiger partial charge in [0.25, 0.3) is 0 Å². The lowest BCUT2D eigenvalue weighted by atomic mass is 10.1. The molecule has 0 bridgehead atoms. The van der Waals surface area contributed by atoms with E-state index in [1.807, 2.05) is 43.3 Å². The highest BCUT2D eigenvalue weighted by atomic mass is 32.2. The molecule has 0 saturated carbocycles. The predicted molar refractivity (Wildman–Crippen MR) is 138 cm³/mol. The second-order valence-corrected chi connectivity index (χ2v) is 9.43. The quantitative estimate of drug-likeness (QED) is 0.245. The van der Waals surface area contributed by atoms with Crippen molar-refractivity contribution in [3.63, 3.8) is 0 Å². The van der Waals surface area contributed by atoms with Crippen LogP contribution in [0.1, 0.15) is 22.8 Å². The summed E-state index contributed by atoms with van der Waals surface area (Å²) in [5.41, 5.74) is 1.55. The molecule has 2 amide bonds. The van der Waals surface area contributed by atoms with Crippen molar-refractivity contribution < 1.29 is 26.9 Å². The van der Waals surface area contributed by atoms with Gasteiger partial charge in [0.15, 0.2) is 5.75 Å². The summed E-state index contributed by atoms with van der Waals surface area (Å²) >= 11 is 0. The molecule has 0 heterocycles. The van der Waals surface area contributed by atoms with Crippen LogP contribution in [0.3, 0.4) is 0 Å². The van der Waals surface area contributed by atoms with Crippen LogP contribution in [0.15, 0.2) is 89.8 Å². The molecule has 2 N–H and O–H groups in total. The Balaban J connectivity index is 1.65. The maximum atomic E-state index is 12.9. The van der Waals surface area contributed by atoms with E-state index in [0.29, 0.717) is 5.69 Å². The molecule has 0 atom stereocenters. The zero-order valence-electron chi connectivity index (χ0n) is 19.6. The number of aryl methyl sites for hydroxylation is 1. The summed E-state index contributed by atoms with van der Waals surface area (Å²) in [5, 5.41) is 7.13. The normalized spacial score (nSPS) is 11.1. The van der Waals surface area contributed by atoms with Gasteiger partial charge >= 0.3 is 22.1 Å². The number of carbonyl (C=O) groups excluding carboxylic acids is 2. The maximum Gasteiger partial charge on any atom is 0.339 e. The summed E-state index contributed by atoms with van der Waals surface area (Å²) in [6.45, 7) is 3.66. The van der Waals surface area contributed by atoms with E-state index < -0.39 is 22.1 Å². The number of fused-ring (bicyclic) bond motifs is 1. The van der Waals surface area contributed by atoms with Crippen molar-refractivity contribution in [1.82, 2.24) is 0 Å². The smallest absolute Gasteiger partial charge is 0.339 e. The summed E-state index contributed by atoms with van der Waals surface area (Å²) in [6.07, 6.45) is 0. The Bertz CT molecular complexity index is 1530. The number of rotatable bonds is 7. The number of amides is 2. The van der Waals surface area contributed by atoms with Gasteiger partial charge in [-0.2, -0.15) is 8.42 Å². The summed E-state index contributed by atoms with van der Waals surface area (Å²) in [4.78, 5) is 25.1. The number of anilines is 2. The van der Waals surface area contributed by atoms with Gasteiger partial charge in [0.05, 0.1) is 23.5 Å². The van der Waals surface area contributed by atoms with Crippen molar-refractivity contribution in [2.24, 2.45) is 0 Å². The van der Waals surface area contributed by atoms with Crippen molar-refractivity contribution >= 4 is 44.3 Å². The first-order valence-electron chi connectivity index (χ1n) is 11.1. The molecular formula is C27H24N2O6S. The van der Waals surface area contributed by atoms with Crippen LogP contribution >= 0.6 is 0 Å². The molecule has 4 aromatic carbocycles. The minimum atomic E-state index is -4.21. The highest BCUT2D eigenvalue weighted by molar-refractivity contribution is 7.87. The highest BCUT2D eigenvalue weighted by Gasteiger charge is 2.21. The first-order chi connectivity index (χ1) is 17.3. The molecule has 0 aliphatic rings. The number of ether oxygens (including phenoxy) is 1. The van der Waals surface area contributed by atoms with Crippen molar-refractivity contribution in [2.75, 3.05) is 17.2 Å². The van der Waals surface area contributed by atoms with Gasteiger partial charge < -0.3 is 19.6 Å². The molecule has 0 aliphatic heterocycles. The van der Waals surface area contributed by atoms with E-state index in [1.165, 1.54) is 30.3 Å². The fourth-order valence-electron chi connectivity index (χ4n) is 3.52. The Morgan fingerprint density at radius 1 is 0.833 bits per heavy atom. The molecule has 8 nitrogen and oxygen atoms in total. The number of esters is 1. The van der Waals surface area contributed by atoms with Crippen LogP contribution in [0.2, 0.25) is 0 Å². The number of benzene rings is 4. The number of hydrogen-bond acceptors (Lipinski definition) is 6. The second kappa shape index (κ2) is 10.5. The third-order valence-electron chi connectivity index (χ3n) is 5.29. The fourth-order valence-corrected chi connectivity index (χ4v) is 4.47. The van der Waals surface area contributed by atoms with E-state index in [2.05, 4.69) is 10.6 Å². The fraction of sp³-hybridized carbons (Fsp3) is 0.111. The Labute approximate surface area is 209 Å². The van der Waals surface area contributed by atoms with Crippen molar-refractivity contribution in [3.05, 3.63) is 96.1 Å². The SMILES string of the molecule is CCOC(=O)c1ccc(OS(=O)(=O)c2ccc(C)cc2)c(NC(=O)Nc2cccc3ccccc23)c1. The van der Waals surface area contributed by atoms with Gasteiger partial charge in [-0.1, -0.05) is 54.1 Å². The highest BCUT2D eigenvalue weighted by Crippen LogP contribution is 2.30. The van der Waals surface area contributed by atoms with Crippen LogP contribution in [-0.4, -0.2) is 27.0 Å². The van der Waals surface area contributed by atoms with Crippen LogP contribution < -0.4 is 14.8 Å². The predicted octanol–water partition coefficient (Wildman–Crippen LogP) is 5.74. The number of carbonyl (C=O) groups is 2. The standard InChI is InChI=1S/C27H24N2O6S/c1-3-34-26(30)20-13-16-25(35-36(32,33)21-14-11-18(2)12-15-21)24(17-20)29-27(31)28-23-10-6-8-19-7-4-5-9-22(19)23/h4-17H,3H2,1-2H3,(H2,28,29,31). The van der Waals surface area contributed by atoms with E-state index in [9.17, 15) is 18.0 Å². The maximum absolute atomic E-state index is 12.9. The number of hydrogen-bond donors (Lipinski definition) is 2. The summed E-state index contributed by atoms with van der Waals surface area (Å²) < 4.78 is 36.1. The van der Waals surface area contributed by atoms with Gasteiger partial charge in [-0.3, -0.25) is 0 Å². The Kier molecular flexibility index (Phi) is 7.21. The lowest BCUT2D eigenvalue weighted by Gasteiger charge is -2.15. The Morgan fingerprint density at radius 2 is 1.53 bits per heavy atom. The third-order valence-corrected chi connectivity index (χ3v) is 6.53. The molecule has 0 unspecified atom stereocenters. The van der Waals surface area contributed by atoms with Crippen LogP contribution in [0.5, 0.6) is 5.75 Å². The number of urea groups is 1. The molecule has 0 radical (unpaired) electrons. The van der Waals surface area contributed by atoms with E-state index in [4.69, 9.17) is 8.92 Å². The molecule has 9 heteroatoms. The Hall–Kier alpha value is -4.37. The van der Waals surface area contributed by atoms with Gasteiger partial charge in [0.1, 0.15) is 4.90 Å². The minimum Gasteiger partial charge on any atom is -0.462 e. The molecule has 0 spiro atoms. The van der Waals surface area contributed by atoms with Crippen molar-refractivity contribution in [1.29, 1.82) is 0 Å². The summed E-state index contributed by atoms with van der Waals surface area (Å²) in [7, 11) is -4.21. The van der Waals surface area contributed by atoms with E-state index in [0.717, 1.165) is 16.3 Å². The second-order valence-electron chi connectivity index (χ2n) is 7.89. The van der Waals surface area contributed by atoms with Crippen LogP contribution in [0.4, 0.5) is 16.2 Å². The van der Waals surface area contributed by atoms with Crippen molar-refractivity contribution in [2.45, 2.75) is 18.7 Å². The first kappa shape index (κ1) is 24.7. The van der Waals surface area contributed by atoms with Crippen molar-refractivity contribution in [3.8, 4) is 5.75 Å². The minimum absolute atomic E-state index is 0.0195. The average Bonchev–Trinajstić information content (AvgIpc) is 2.85. The van der Waals surface area contributed by atoms with E-state index >= 15 is 0 Å². The van der Waals surface area contributed by atoms with Gasteiger partial charge in [0.2, 0.25) is 0 Å². The topological polar surface area (TPSA) is 111 Å². The van der Waals surface area contributed by atoms with Crippen LogP contribution in [-0.2, 0) is 14.9 Å². The Morgan fingerprint density at radius 3 is 2.28 bits per heavy atom. The molecule has 0 aromatic heterocycles. The monoisotopic (exact) mass is 504 g/mol. The summed E-state index contributed by atoms with van der Waals surface area (Å²) in [5.74, 6) is -0.778. The van der Waals surface area contributed by atoms with Gasteiger partial charge in [0, 0.05) is 5.39 Å². The lowest BCUT2D eigenvalue weighted by molar-refractivity contribution is 0.0526. The lowest BCUT2D eigenvalue weighted by Crippen LogP contribution is -2.21. The summed E-state index contributed by atoms with van der Waals surface area (Å²) in [6, 6.07) is 22.5. The van der Waals surface area contributed by atoms with Gasteiger partial charge in [-0.25, -0.2) is 9.59 Å². The molecule has 4 rings (SSSR count). The van der Waals surface area contributed by atoms with Gasteiger partial charge in [-0.05, 0) is 55.6 Å². The average molecular weight is 505 g/mol. The molecule has 4 aromatic rings. The molecule has 36 heavy (non-hydrogen) atoms. The van der Waals surface area contributed by atoms with E-state index in [1.54, 1.807) is 25.1 Å². The molecule has 0 aliphatic carbocycles. The van der Waals surface area contributed by atoms with Crippen LogP contribution in [0.25, 0.3) is 10.8 Å². The molecule has 0 saturated heterocycles. The molecule has 0 fully saturated rings. The first-order valence-corrected chi connectivity index (χ1v) is 12.6. The largest absolute Gasteiger partial charge is 0.462 e. The zero-order valence-corrected chi connectivity index (χ0v) is 20.5. The molecule has 184 valence electrons. The molecular weight excluding hydrogens is 480 g/mol. The van der Waals surface area contributed by atoms with Crippen LogP contribution in [0, 0.1) is 6.92 Å². The zero-order chi connectivity index (χ0) is 25.7. The number of nitrogens with one attached hydrogen (secondary N) is 2. The van der Waals surface area contributed by atoms with E-state index in [-0.39, 0.29) is 28.5 Å². The van der Waals surface area contributed by atoms with Gasteiger partial charge in [-0.15, -0.1) is 0 Å². The third kappa shape index (κ3) is 5.64.